The first-order valence-electron chi connectivity index (χ1n) is 11.3. The number of thiophene rings is 1. The van der Waals surface area contributed by atoms with Crippen molar-refractivity contribution in [3.05, 3.63) is 45.8 Å². The van der Waals surface area contributed by atoms with Crippen molar-refractivity contribution < 1.29 is 14.3 Å². The first kappa shape index (κ1) is 24.4. The molecule has 180 valence electrons. The molecule has 4 rings (SSSR count). The second-order valence-corrected chi connectivity index (χ2v) is 10.3. The standard InChI is InChI=1S/C24H29N5O3S2/c1-15-8-10-16(11-9-15)21-27-28-24(29(21)2)33-14-19(30)26-23-20(22(31)25-12-13-32-3)17-6-4-5-7-18(17)34-23/h8-11H,4-7,12-14H2,1-3H3,(H,25,31)(H,26,30). The Balaban J connectivity index is 1.44. The van der Waals surface area contributed by atoms with E-state index in [4.69, 9.17) is 4.74 Å². The summed E-state index contributed by atoms with van der Waals surface area (Å²) in [6, 6.07) is 8.10. The Morgan fingerprint density at radius 3 is 2.71 bits per heavy atom. The van der Waals surface area contributed by atoms with Gasteiger partial charge in [0.1, 0.15) is 5.00 Å². The number of methoxy groups -OCH3 is 1. The molecule has 1 aromatic carbocycles. The van der Waals surface area contributed by atoms with Gasteiger partial charge in [0, 0.05) is 31.1 Å². The number of hydrogen-bond acceptors (Lipinski definition) is 7. The largest absolute Gasteiger partial charge is 0.383 e. The van der Waals surface area contributed by atoms with E-state index in [1.807, 2.05) is 42.8 Å². The minimum atomic E-state index is -0.172. The number of carbonyl (C=O) groups is 2. The Morgan fingerprint density at radius 2 is 1.94 bits per heavy atom. The molecule has 0 saturated carbocycles. The summed E-state index contributed by atoms with van der Waals surface area (Å²) in [5.74, 6) is 0.599. The van der Waals surface area contributed by atoms with E-state index in [1.165, 1.54) is 33.5 Å². The smallest absolute Gasteiger partial charge is 0.254 e. The second kappa shape index (κ2) is 11.2. The van der Waals surface area contributed by atoms with Gasteiger partial charge in [-0.2, -0.15) is 0 Å². The van der Waals surface area contributed by atoms with Crippen molar-refractivity contribution >= 4 is 39.9 Å². The Bertz CT molecular complexity index is 1170. The summed E-state index contributed by atoms with van der Waals surface area (Å²) < 4.78 is 6.93. The van der Waals surface area contributed by atoms with Crippen LogP contribution in [-0.4, -0.2) is 52.6 Å². The maximum Gasteiger partial charge on any atom is 0.254 e. The molecule has 0 spiro atoms. The molecule has 1 aliphatic rings. The monoisotopic (exact) mass is 499 g/mol. The SMILES string of the molecule is COCCNC(=O)c1c(NC(=O)CSc2nnc(-c3ccc(C)cc3)n2C)sc2c1CCCC2. The van der Waals surface area contributed by atoms with Crippen LogP contribution < -0.4 is 10.6 Å². The fraction of sp³-hybridized carbons (Fsp3) is 0.417. The van der Waals surface area contributed by atoms with Gasteiger partial charge in [0.05, 0.1) is 17.9 Å². The summed E-state index contributed by atoms with van der Waals surface area (Å²) >= 11 is 2.84. The molecule has 0 saturated heterocycles. The Morgan fingerprint density at radius 1 is 1.18 bits per heavy atom. The lowest BCUT2D eigenvalue weighted by atomic mass is 9.95. The number of thioether (sulfide) groups is 1. The van der Waals surface area contributed by atoms with Gasteiger partial charge >= 0.3 is 0 Å². The van der Waals surface area contributed by atoms with Crippen molar-refractivity contribution in [3.63, 3.8) is 0 Å². The molecule has 2 amide bonds. The topological polar surface area (TPSA) is 98.1 Å². The molecule has 0 aliphatic heterocycles. The quantitative estimate of drug-likeness (QED) is 0.343. The van der Waals surface area contributed by atoms with Crippen LogP contribution in [0.1, 0.15) is 39.2 Å². The molecule has 3 aromatic rings. The normalized spacial score (nSPS) is 12.9. The highest BCUT2D eigenvalue weighted by Gasteiger charge is 2.26. The summed E-state index contributed by atoms with van der Waals surface area (Å²) in [6.45, 7) is 2.91. The number of rotatable bonds is 9. The molecular formula is C24H29N5O3S2. The average Bonchev–Trinajstić information content (AvgIpc) is 3.38. The number of carbonyl (C=O) groups excluding carboxylic acids is 2. The second-order valence-electron chi connectivity index (χ2n) is 8.23. The number of fused-ring (bicyclic) bond motifs is 1. The van der Waals surface area contributed by atoms with Crippen molar-refractivity contribution in [2.45, 2.75) is 37.8 Å². The van der Waals surface area contributed by atoms with Gasteiger partial charge in [-0.05, 0) is 38.2 Å². The van der Waals surface area contributed by atoms with Gasteiger partial charge in [-0.15, -0.1) is 21.5 Å². The molecule has 2 N–H and O–H groups in total. The highest BCUT2D eigenvalue weighted by molar-refractivity contribution is 7.99. The number of nitrogens with one attached hydrogen (secondary N) is 2. The van der Waals surface area contributed by atoms with Crippen LogP contribution in [0.5, 0.6) is 0 Å². The van der Waals surface area contributed by atoms with E-state index < -0.39 is 0 Å². The highest BCUT2D eigenvalue weighted by Crippen LogP contribution is 2.38. The maximum atomic E-state index is 12.9. The number of aromatic nitrogens is 3. The maximum absolute atomic E-state index is 12.9. The third-order valence-corrected chi connectivity index (χ3v) is 7.95. The zero-order chi connectivity index (χ0) is 24.1. The fourth-order valence-corrected chi connectivity index (χ4v) is 5.95. The van der Waals surface area contributed by atoms with Gasteiger partial charge < -0.3 is 19.9 Å². The number of amides is 2. The van der Waals surface area contributed by atoms with Crippen LogP contribution >= 0.6 is 23.1 Å². The Kier molecular flexibility index (Phi) is 8.02. The van der Waals surface area contributed by atoms with E-state index in [2.05, 4.69) is 20.8 Å². The highest BCUT2D eigenvalue weighted by atomic mass is 32.2. The third kappa shape index (κ3) is 5.51. The zero-order valence-corrected chi connectivity index (χ0v) is 21.3. The number of anilines is 1. The molecule has 0 atom stereocenters. The summed E-state index contributed by atoms with van der Waals surface area (Å²) in [5, 5.41) is 15.7. The number of benzene rings is 1. The van der Waals surface area contributed by atoms with Crippen LogP contribution in [0.25, 0.3) is 11.4 Å². The van der Waals surface area contributed by atoms with E-state index >= 15 is 0 Å². The van der Waals surface area contributed by atoms with Gasteiger partial charge in [-0.25, -0.2) is 0 Å². The van der Waals surface area contributed by atoms with Gasteiger partial charge in [0.2, 0.25) is 5.91 Å². The number of hydrogen-bond donors (Lipinski definition) is 2. The molecule has 34 heavy (non-hydrogen) atoms. The van der Waals surface area contributed by atoms with Gasteiger partial charge in [0.25, 0.3) is 5.91 Å². The molecule has 0 fully saturated rings. The van der Waals surface area contributed by atoms with Gasteiger partial charge in [-0.3, -0.25) is 9.59 Å². The number of ether oxygens (including phenoxy) is 1. The van der Waals surface area contributed by atoms with Crippen LogP contribution in [-0.2, 0) is 29.4 Å². The Labute approximate surface area is 207 Å². The van der Waals surface area contributed by atoms with E-state index in [9.17, 15) is 9.59 Å². The molecule has 0 radical (unpaired) electrons. The Hall–Kier alpha value is -2.69. The van der Waals surface area contributed by atoms with E-state index in [-0.39, 0.29) is 17.6 Å². The molecule has 10 heteroatoms. The van der Waals surface area contributed by atoms with E-state index in [1.54, 1.807) is 7.11 Å². The molecule has 2 heterocycles. The van der Waals surface area contributed by atoms with Crippen LogP contribution in [0.15, 0.2) is 29.4 Å². The molecule has 1 aliphatic carbocycles. The fourth-order valence-electron chi connectivity index (χ4n) is 3.94. The predicted octanol–water partition coefficient (Wildman–Crippen LogP) is 3.84. The minimum absolute atomic E-state index is 0.157. The first-order valence-corrected chi connectivity index (χ1v) is 13.1. The molecular weight excluding hydrogens is 470 g/mol. The molecule has 8 nitrogen and oxygen atoms in total. The lowest BCUT2D eigenvalue weighted by Gasteiger charge is -2.13. The summed E-state index contributed by atoms with van der Waals surface area (Å²) in [6.07, 6.45) is 3.98. The summed E-state index contributed by atoms with van der Waals surface area (Å²) in [4.78, 5) is 26.9. The van der Waals surface area contributed by atoms with Crippen molar-refractivity contribution in [3.8, 4) is 11.4 Å². The van der Waals surface area contributed by atoms with E-state index in [0.717, 1.165) is 42.6 Å². The first-order chi connectivity index (χ1) is 16.5. The van der Waals surface area contributed by atoms with Crippen molar-refractivity contribution in [2.75, 3.05) is 31.3 Å². The zero-order valence-electron chi connectivity index (χ0n) is 19.6. The van der Waals surface area contributed by atoms with Gasteiger partial charge in [0.15, 0.2) is 11.0 Å². The molecule has 0 bridgehead atoms. The van der Waals surface area contributed by atoms with Crippen molar-refractivity contribution in [1.29, 1.82) is 0 Å². The van der Waals surface area contributed by atoms with E-state index in [0.29, 0.717) is 28.9 Å². The minimum Gasteiger partial charge on any atom is -0.383 e. The van der Waals surface area contributed by atoms with Crippen LogP contribution in [0.3, 0.4) is 0 Å². The number of aryl methyl sites for hydroxylation is 2. The molecule has 2 aromatic heterocycles. The van der Waals surface area contributed by atoms with Crippen LogP contribution in [0, 0.1) is 6.92 Å². The lowest BCUT2D eigenvalue weighted by molar-refractivity contribution is -0.113. The lowest BCUT2D eigenvalue weighted by Crippen LogP contribution is -2.29. The average molecular weight is 500 g/mol. The van der Waals surface area contributed by atoms with Crippen molar-refractivity contribution in [1.82, 2.24) is 20.1 Å². The summed E-state index contributed by atoms with van der Waals surface area (Å²) in [5.41, 5.74) is 3.84. The van der Waals surface area contributed by atoms with Crippen molar-refractivity contribution in [2.24, 2.45) is 7.05 Å². The van der Waals surface area contributed by atoms with Crippen LogP contribution in [0.4, 0.5) is 5.00 Å². The summed E-state index contributed by atoms with van der Waals surface area (Å²) in [7, 11) is 3.49. The van der Waals surface area contributed by atoms with Gasteiger partial charge in [-0.1, -0.05) is 41.6 Å². The third-order valence-electron chi connectivity index (χ3n) is 5.72. The number of nitrogens with zero attached hydrogens (tertiary/aromatic N) is 3. The van der Waals surface area contributed by atoms with Crippen LogP contribution in [0.2, 0.25) is 0 Å². The molecule has 0 unspecified atom stereocenters. The predicted molar refractivity (Wildman–Crippen MR) is 136 cm³/mol.